The fourth-order valence-corrected chi connectivity index (χ4v) is 2.54. The lowest BCUT2D eigenvalue weighted by molar-refractivity contribution is 0.304. The first-order chi connectivity index (χ1) is 11.0. The van der Waals surface area contributed by atoms with E-state index in [9.17, 15) is 4.79 Å². The predicted octanol–water partition coefficient (Wildman–Crippen LogP) is 4.85. The van der Waals surface area contributed by atoms with Crippen LogP contribution in [-0.2, 0) is 6.42 Å². The molecule has 0 unspecified atom stereocenters. The van der Waals surface area contributed by atoms with Crippen molar-refractivity contribution in [1.82, 2.24) is 4.57 Å². The van der Waals surface area contributed by atoms with Crippen LogP contribution in [0.5, 0.6) is 5.75 Å². The van der Waals surface area contributed by atoms with Gasteiger partial charge in [0.2, 0.25) is 0 Å². The molecule has 0 radical (unpaired) electrons. The Morgan fingerprint density at radius 1 is 1.17 bits per heavy atom. The molecule has 1 aromatic heterocycles. The normalized spacial score (nSPS) is 11.0. The van der Waals surface area contributed by atoms with Crippen molar-refractivity contribution in [2.24, 2.45) is 0 Å². The van der Waals surface area contributed by atoms with Gasteiger partial charge in [0.15, 0.2) is 0 Å². The second kappa shape index (κ2) is 8.21. The number of halogens is 1. The maximum Gasteiger partial charge on any atom is 0.258 e. The van der Waals surface area contributed by atoms with Gasteiger partial charge in [0.25, 0.3) is 5.56 Å². The number of pyridine rings is 1. The van der Waals surface area contributed by atoms with Gasteiger partial charge in [0, 0.05) is 23.7 Å². The Balaban J connectivity index is 2.37. The quantitative estimate of drug-likeness (QED) is 0.678. The Labute approximate surface area is 142 Å². The first-order valence-electron chi connectivity index (χ1n) is 8.14. The van der Waals surface area contributed by atoms with Gasteiger partial charge in [-0.3, -0.25) is 4.79 Å². The predicted molar refractivity (Wildman–Crippen MR) is 95.7 cm³/mol. The molecule has 0 saturated heterocycles. The van der Waals surface area contributed by atoms with Crippen molar-refractivity contribution < 1.29 is 4.74 Å². The lowest BCUT2D eigenvalue weighted by Gasteiger charge is -2.16. The average molecular weight is 334 g/mol. The number of rotatable bonds is 7. The Kier molecular flexibility index (Phi) is 6.28. The van der Waals surface area contributed by atoms with Crippen molar-refractivity contribution >= 4 is 11.6 Å². The highest BCUT2D eigenvalue weighted by Gasteiger charge is 2.14. The molecule has 2 rings (SSSR count). The van der Waals surface area contributed by atoms with E-state index < -0.39 is 0 Å². The molecule has 0 saturated carbocycles. The molecular weight excluding hydrogens is 310 g/mol. The summed E-state index contributed by atoms with van der Waals surface area (Å²) in [6.45, 7) is 6.76. The molecule has 0 fully saturated rings. The minimum Gasteiger partial charge on any atom is -0.493 e. The minimum absolute atomic E-state index is 0.0175. The van der Waals surface area contributed by atoms with Gasteiger partial charge in [-0.05, 0) is 44.0 Å². The van der Waals surface area contributed by atoms with Gasteiger partial charge in [-0.1, -0.05) is 37.1 Å². The highest BCUT2D eigenvalue weighted by molar-refractivity contribution is 6.30. The summed E-state index contributed by atoms with van der Waals surface area (Å²) in [4.78, 5) is 12.8. The summed E-state index contributed by atoms with van der Waals surface area (Å²) in [6, 6.07) is 9.62. The van der Waals surface area contributed by atoms with Crippen LogP contribution < -0.4 is 10.3 Å². The van der Waals surface area contributed by atoms with E-state index in [2.05, 4.69) is 6.92 Å². The lowest BCUT2D eigenvalue weighted by atomic mass is 10.1. The molecule has 4 heteroatoms. The fourth-order valence-electron chi connectivity index (χ4n) is 2.41. The number of hydrogen-bond acceptors (Lipinski definition) is 2. The number of benzene rings is 1. The smallest absolute Gasteiger partial charge is 0.258 e. The molecule has 1 aromatic carbocycles. The monoisotopic (exact) mass is 333 g/mol. The van der Waals surface area contributed by atoms with Crippen molar-refractivity contribution in [1.29, 1.82) is 0 Å². The van der Waals surface area contributed by atoms with Gasteiger partial charge in [-0.25, -0.2) is 0 Å². The van der Waals surface area contributed by atoms with Crippen LogP contribution in [0.25, 0.3) is 0 Å². The molecule has 0 bridgehead atoms. The third kappa shape index (κ3) is 4.61. The topological polar surface area (TPSA) is 31.2 Å². The van der Waals surface area contributed by atoms with E-state index in [0.29, 0.717) is 29.4 Å². The molecule has 124 valence electrons. The lowest BCUT2D eigenvalue weighted by Crippen LogP contribution is -2.25. The van der Waals surface area contributed by atoms with E-state index in [1.165, 1.54) is 0 Å². The second-order valence-corrected chi connectivity index (χ2v) is 6.41. The van der Waals surface area contributed by atoms with Crippen LogP contribution in [0.2, 0.25) is 5.02 Å². The van der Waals surface area contributed by atoms with Crippen molar-refractivity contribution in [2.75, 3.05) is 6.61 Å². The van der Waals surface area contributed by atoms with Crippen LogP contribution in [0, 0.1) is 0 Å². The molecule has 0 aliphatic heterocycles. The molecule has 0 amide bonds. The molecule has 3 nitrogen and oxygen atoms in total. The van der Waals surface area contributed by atoms with E-state index in [4.69, 9.17) is 16.3 Å². The summed E-state index contributed by atoms with van der Waals surface area (Å²) in [5.41, 5.74) is 1.77. The van der Waals surface area contributed by atoms with Crippen LogP contribution in [-0.4, -0.2) is 11.2 Å². The van der Waals surface area contributed by atoms with Gasteiger partial charge in [0.1, 0.15) is 5.75 Å². The Hall–Kier alpha value is -1.74. The van der Waals surface area contributed by atoms with Gasteiger partial charge in [-0.15, -0.1) is 0 Å². The van der Waals surface area contributed by atoms with E-state index in [-0.39, 0.29) is 11.6 Å². The van der Waals surface area contributed by atoms with Crippen LogP contribution in [0.15, 0.2) is 41.3 Å². The Bertz CT molecular complexity index is 690. The van der Waals surface area contributed by atoms with Crippen LogP contribution in [0.3, 0.4) is 0 Å². The van der Waals surface area contributed by atoms with E-state index in [0.717, 1.165) is 18.4 Å². The zero-order chi connectivity index (χ0) is 16.8. The maximum atomic E-state index is 12.8. The van der Waals surface area contributed by atoms with Gasteiger partial charge in [0.05, 0.1) is 12.2 Å². The molecule has 0 aliphatic carbocycles. The van der Waals surface area contributed by atoms with Crippen LogP contribution >= 0.6 is 11.6 Å². The van der Waals surface area contributed by atoms with Crippen molar-refractivity contribution in [3.63, 3.8) is 0 Å². The zero-order valence-corrected chi connectivity index (χ0v) is 14.8. The molecule has 0 aliphatic rings. The number of nitrogens with zero attached hydrogens (tertiary/aromatic N) is 1. The van der Waals surface area contributed by atoms with E-state index >= 15 is 0 Å². The summed E-state index contributed by atoms with van der Waals surface area (Å²) in [6.07, 6.45) is 4.41. The zero-order valence-electron chi connectivity index (χ0n) is 14.0. The van der Waals surface area contributed by atoms with Gasteiger partial charge >= 0.3 is 0 Å². The first kappa shape index (κ1) is 17.6. The fraction of sp³-hybridized carbons (Fsp3) is 0.421. The van der Waals surface area contributed by atoms with E-state index in [1.54, 1.807) is 4.57 Å². The summed E-state index contributed by atoms with van der Waals surface area (Å²) in [5.74, 6) is 0.690. The van der Waals surface area contributed by atoms with Crippen molar-refractivity contribution in [3.8, 4) is 5.75 Å². The molecule has 1 heterocycles. The van der Waals surface area contributed by atoms with Crippen molar-refractivity contribution in [3.05, 3.63) is 63.0 Å². The summed E-state index contributed by atoms with van der Waals surface area (Å²) in [5, 5.41) is 0.695. The number of aromatic nitrogens is 1. The Morgan fingerprint density at radius 3 is 2.48 bits per heavy atom. The molecule has 0 atom stereocenters. The SMILES string of the molecule is CCCCOc1ccn(C(C)C)c(=O)c1Cc1ccc(Cl)cc1. The maximum absolute atomic E-state index is 12.8. The highest BCUT2D eigenvalue weighted by atomic mass is 35.5. The highest BCUT2D eigenvalue weighted by Crippen LogP contribution is 2.21. The van der Waals surface area contributed by atoms with Gasteiger partial charge in [-0.2, -0.15) is 0 Å². The number of ether oxygens (including phenoxy) is 1. The third-order valence-electron chi connectivity index (χ3n) is 3.78. The number of unbranched alkanes of at least 4 members (excludes halogenated alkanes) is 1. The third-order valence-corrected chi connectivity index (χ3v) is 4.03. The average Bonchev–Trinajstić information content (AvgIpc) is 2.52. The van der Waals surface area contributed by atoms with Crippen molar-refractivity contribution in [2.45, 2.75) is 46.1 Å². The summed E-state index contributed by atoms with van der Waals surface area (Å²) >= 11 is 5.94. The molecule has 0 spiro atoms. The number of hydrogen-bond donors (Lipinski definition) is 0. The molecule has 2 aromatic rings. The molecular formula is C19H24ClNO2. The molecule has 0 N–H and O–H groups in total. The second-order valence-electron chi connectivity index (χ2n) is 5.97. The Morgan fingerprint density at radius 2 is 1.87 bits per heavy atom. The van der Waals surface area contributed by atoms with Crippen LogP contribution in [0.1, 0.15) is 50.8 Å². The summed E-state index contributed by atoms with van der Waals surface area (Å²) in [7, 11) is 0. The van der Waals surface area contributed by atoms with Crippen LogP contribution in [0.4, 0.5) is 0 Å². The largest absolute Gasteiger partial charge is 0.493 e. The summed E-state index contributed by atoms with van der Waals surface area (Å²) < 4.78 is 7.60. The standard InChI is InChI=1S/C19H24ClNO2/c1-4-5-12-23-18-10-11-21(14(2)3)19(22)17(18)13-15-6-8-16(20)9-7-15/h6-11,14H,4-5,12-13H2,1-3H3. The van der Waals surface area contributed by atoms with Gasteiger partial charge < -0.3 is 9.30 Å². The first-order valence-corrected chi connectivity index (χ1v) is 8.52. The van der Waals surface area contributed by atoms with E-state index in [1.807, 2.05) is 50.4 Å². The molecule has 23 heavy (non-hydrogen) atoms. The minimum atomic E-state index is 0.0175.